The van der Waals surface area contributed by atoms with E-state index in [-0.39, 0.29) is 5.69 Å². The van der Waals surface area contributed by atoms with E-state index in [1.54, 1.807) is 42.6 Å². The van der Waals surface area contributed by atoms with Crippen molar-refractivity contribution in [2.24, 2.45) is 0 Å². The number of amides is 3. The summed E-state index contributed by atoms with van der Waals surface area (Å²) in [6.45, 7) is 0. The summed E-state index contributed by atoms with van der Waals surface area (Å²) in [5, 5.41) is 4.37. The molecular formula is C15H15N3O4. The van der Waals surface area contributed by atoms with E-state index in [1.807, 2.05) is 0 Å². The lowest BCUT2D eigenvalue weighted by Crippen LogP contribution is -2.41. The standard InChI is InChI=1S/C15H15N3O4/c1-16-15(21)18-13(19)12(10-6-3-2-4-7-10)22-14(20)11-8-5-9-17-11/h2-9,12,17H,1H3,(H2,16,18,19,21)/t12-/m1/s1. The van der Waals surface area contributed by atoms with Crippen LogP contribution in [0.1, 0.15) is 22.2 Å². The molecule has 0 saturated heterocycles. The summed E-state index contributed by atoms with van der Waals surface area (Å²) in [6, 6.07) is 10.9. The van der Waals surface area contributed by atoms with E-state index in [2.05, 4.69) is 15.6 Å². The third-order valence-corrected chi connectivity index (χ3v) is 2.85. The van der Waals surface area contributed by atoms with Gasteiger partial charge in [-0.05, 0) is 12.1 Å². The number of benzene rings is 1. The van der Waals surface area contributed by atoms with Crippen molar-refractivity contribution in [3.05, 3.63) is 59.9 Å². The van der Waals surface area contributed by atoms with Gasteiger partial charge >= 0.3 is 12.0 Å². The molecule has 7 heteroatoms. The molecule has 7 nitrogen and oxygen atoms in total. The third-order valence-electron chi connectivity index (χ3n) is 2.85. The van der Waals surface area contributed by atoms with Crippen molar-refractivity contribution in [1.82, 2.24) is 15.6 Å². The summed E-state index contributed by atoms with van der Waals surface area (Å²) in [5.41, 5.74) is 0.678. The largest absolute Gasteiger partial charge is 0.443 e. The predicted molar refractivity (Wildman–Crippen MR) is 78.0 cm³/mol. The first-order valence-electron chi connectivity index (χ1n) is 6.53. The second kappa shape index (κ2) is 7.07. The zero-order valence-electron chi connectivity index (χ0n) is 11.8. The maximum Gasteiger partial charge on any atom is 0.355 e. The van der Waals surface area contributed by atoms with Gasteiger partial charge in [0.25, 0.3) is 5.91 Å². The van der Waals surface area contributed by atoms with Crippen LogP contribution >= 0.6 is 0 Å². The van der Waals surface area contributed by atoms with Gasteiger partial charge in [-0.25, -0.2) is 9.59 Å². The van der Waals surface area contributed by atoms with E-state index in [9.17, 15) is 14.4 Å². The molecule has 114 valence electrons. The molecule has 0 fully saturated rings. The van der Waals surface area contributed by atoms with Crippen LogP contribution in [0.3, 0.4) is 0 Å². The Morgan fingerprint density at radius 2 is 1.82 bits per heavy atom. The van der Waals surface area contributed by atoms with E-state index in [4.69, 9.17) is 4.74 Å². The van der Waals surface area contributed by atoms with Crippen LogP contribution < -0.4 is 10.6 Å². The molecule has 3 N–H and O–H groups in total. The fraction of sp³-hybridized carbons (Fsp3) is 0.133. The van der Waals surface area contributed by atoms with Crippen molar-refractivity contribution < 1.29 is 19.1 Å². The van der Waals surface area contributed by atoms with Crippen molar-refractivity contribution in [2.75, 3.05) is 7.05 Å². The summed E-state index contributed by atoms with van der Waals surface area (Å²) in [4.78, 5) is 38.2. The Morgan fingerprint density at radius 3 is 2.41 bits per heavy atom. The van der Waals surface area contributed by atoms with Crippen LogP contribution in [0.25, 0.3) is 0 Å². The molecule has 0 bridgehead atoms. The van der Waals surface area contributed by atoms with Crippen LogP contribution in [-0.2, 0) is 9.53 Å². The number of carbonyl (C=O) groups excluding carboxylic acids is 3. The van der Waals surface area contributed by atoms with Gasteiger partial charge in [0, 0.05) is 18.8 Å². The highest BCUT2D eigenvalue weighted by molar-refractivity contribution is 5.98. The second-order valence-corrected chi connectivity index (χ2v) is 4.35. The first kappa shape index (κ1) is 15.3. The van der Waals surface area contributed by atoms with Gasteiger partial charge in [-0.2, -0.15) is 0 Å². The highest BCUT2D eigenvalue weighted by Crippen LogP contribution is 2.19. The fourth-order valence-electron chi connectivity index (χ4n) is 1.77. The number of hydrogen-bond donors (Lipinski definition) is 3. The molecule has 1 aromatic carbocycles. The van der Waals surface area contributed by atoms with Gasteiger partial charge in [0.05, 0.1) is 0 Å². The lowest BCUT2D eigenvalue weighted by molar-refractivity contribution is -0.129. The van der Waals surface area contributed by atoms with Crippen molar-refractivity contribution in [3.63, 3.8) is 0 Å². The first-order chi connectivity index (χ1) is 10.6. The number of imide groups is 1. The van der Waals surface area contributed by atoms with Crippen LogP contribution in [0.4, 0.5) is 4.79 Å². The van der Waals surface area contributed by atoms with E-state index in [0.29, 0.717) is 5.56 Å². The number of hydrogen-bond acceptors (Lipinski definition) is 4. The number of nitrogens with one attached hydrogen (secondary N) is 3. The number of urea groups is 1. The Bertz CT molecular complexity index is 653. The summed E-state index contributed by atoms with van der Waals surface area (Å²) in [5.74, 6) is -1.42. The summed E-state index contributed by atoms with van der Waals surface area (Å²) in [6.07, 6.45) is 0.341. The molecule has 0 saturated carbocycles. The van der Waals surface area contributed by atoms with E-state index in [0.717, 1.165) is 0 Å². The molecule has 0 spiro atoms. The highest BCUT2D eigenvalue weighted by atomic mass is 16.5. The van der Waals surface area contributed by atoms with Crippen LogP contribution in [0.2, 0.25) is 0 Å². The lowest BCUT2D eigenvalue weighted by atomic mass is 10.1. The molecule has 0 radical (unpaired) electrons. The minimum absolute atomic E-state index is 0.216. The van der Waals surface area contributed by atoms with Gasteiger partial charge in [-0.15, -0.1) is 0 Å². The van der Waals surface area contributed by atoms with Crippen LogP contribution in [0, 0.1) is 0 Å². The van der Waals surface area contributed by atoms with Gasteiger partial charge in [-0.3, -0.25) is 10.1 Å². The van der Waals surface area contributed by atoms with Crippen molar-refractivity contribution >= 4 is 17.9 Å². The van der Waals surface area contributed by atoms with Gasteiger partial charge in [0.15, 0.2) is 0 Å². The highest BCUT2D eigenvalue weighted by Gasteiger charge is 2.27. The molecule has 0 aliphatic rings. The van der Waals surface area contributed by atoms with Gasteiger partial charge in [0.2, 0.25) is 6.10 Å². The summed E-state index contributed by atoms with van der Waals surface area (Å²) >= 11 is 0. The maximum absolute atomic E-state index is 12.2. The predicted octanol–water partition coefficient (Wildman–Crippen LogP) is 1.37. The van der Waals surface area contributed by atoms with E-state index in [1.165, 1.54) is 13.1 Å². The first-order valence-corrected chi connectivity index (χ1v) is 6.53. The minimum atomic E-state index is -1.23. The Morgan fingerprint density at radius 1 is 1.09 bits per heavy atom. The topological polar surface area (TPSA) is 100 Å². The lowest BCUT2D eigenvalue weighted by Gasteiger charge is -2.17. The molecule has 0 unspecified atom stereocenters. The Kier molecular flexibility index (Phi) is 4.92. The SMILES string of the molecule is CNC(=O)NC(=O)[C@H](OC(=O)c1ccc[nH]1)c1ccccc1. The number of carbonyl (C=O) groups is 3. The normalized spacial score (nSPS) is 11.3. The van der Waals surface area contributed by atoms with Crippen molar-refractivity contribution in [3.8, 4) is 0 Å². The molecule has 22 heavy (non-hydrogen) atoms. The molecule has 2 rings (SSSR count). The second-order valence-electron chi connectivity index (χ2n) is 4.35. The monoisotopic (exact) mass is 301 g/mol. The number of rotatable bonds is 4. The average molecular weight is 301 g/mol. The van der Waals surface area contributed by atoms with Crippen LogP contribution in [0.5, 0.6) is 0 Å². The number of ether oxygens (including phenoxy) is 1. The van der Waals surface area contributed by atoms with Crippen molar-refractivity contribution in [2.45, 2.75) is 6.10 Å². The summed E-state index contributed by atoms with van der Waals surface area (Å²) < 4.78 is 5.23. The molecule has 1 heterocycles. The fourth-order valence-corrected chi connectivity index (χ4v) is 1.77. The number of aromatic amines is 1. The van der Waals surface area contributed by atoms with Gasteiger partial charge < -0.3 is 15.0 Å². The minimum Gasteiger partial charge on any atom is -0.443 e. The Balaban J connectivity index is 2.20. The summed E-state index contributed by atoms with van der Waals surface area (Å²) in [7, 11) is 1.38. The molecular weight excluding hydrogens is 286 g/mol. The average Bonchev–Trinajstić information content (AvgIpc) is 3.07. The van der Waals surface area contributed by atoms with Crippen molar-refractivity contribution in [1.29, 1.82) is 0 Å². The van der Waals surface area contributed by atoms with Gasteiger partial charge in [0.1, 0.15) is 5.69 Å². The Labute approximate surface area is 126 Å². The molecule has 2 aromatic rings. The quantitative estimate of drug-likeness (QED) is 0.742. The molecule has 1 atom stereocenters. The molecule has 1 aromatic heterocycles. The maximum atomic E-state index is 12.2. The smallest absolute Gasteiger partial charge is 0.355 e. The number of H-pyrrole nitrogens is 1. The number of esters is 1. The number of aromatic nitrogens is 1. The zero-order chi connectivity index (χ0) is 15.9. The van der Waals surface area contributed by atoms with E-state index >= 15 is 0 Å². The van der Waals surface area contributed by atoms with Crippen LogP contribution in [0.15, 0.2) is 48.7 Å². The van der Waals surface area contributed by atoms with E-state index < -0.39 is 24.0 Å². The third kappa shape index (κ3) is 3.72. The molecule has 0 aliphatic carbocycles. The zero-order valence-corrected chi connectivity index (χ0v) is 11.8. The molecule has 0 aliphatic heterocycles. The Hall–Kier alpha value is -3.09. The van der Waals surface area contributed by atoms with Crippen LogP contribution in [-0.4, -0.2) is 29.9 Å². The van der Waals surface area contributed by atoms with Gasteiger partial charge in [-0.1, -0.05) is 30.3 Å². The molecule has 3 amide bonds.